The van der Waals surface area contributed by atoms with Crippen LogP contribution in [0.3, 0.4) is 0 Å². The van der Waals surface area contributed by atoms with Crippen LogP contribution in [-0.2, 0) is 4.79 Å². The summed E-state index contributed by atoms with van der Waals surface area (Å²) in [4.78, 5) is 10.6. The van der Waals surface area contributed by atoms with Gasteiger partial charge in [-0.15, -0.1) is 0 Å². The van der Waals surface area contributed by atoms with Gasteiger partial charge >= 0.3 is 5.97 Å². The van der Waals surface area contributed by atoms with Gasteiger partial charge in [-0.05, 0) is 65.6 Å². The Morgan fingerprint density at radius 2 is 1.96 bits per heavy atom. The lowest BCUT2D eigenvalue weighted by atomic mass is 9.91. The van der Waals surface area contributed by atoms with Gasteiger partial charge in [0.2, 0.25) is 0 Å². The minimum atomic E-state index is -0.725. The molecule has 1 aliphatic carbocycles. The van der Waals surface area contributed by atoms with E-state index in [1.807, 2.05) is 0 Å². The van der Waals surface area contributed by atoms with Crippen LogP contribution >= 0.6 is 15.9 Å². The number of unbranched alkanes of at least 4 members (excludes halogenated alkanes) is 3. The van der Waals surface area contributed by atoms with E-state index in [9.17, 15) is 9.90 Å². The summed E-state index contributed by atoms with van der Waals surface area (Å²) in [5.74, 6) is -0.234. The Bertz CT molecular complexity index is 676. The molecule has 0 saturated heterocycles. The molecule has 1 aromatic carbocycles. The Balaban J connectivity index is 1.93. The van der Waals surface area contributed by atoms with Crippen LogP contribution in [0.4, 0.5) is 0 Å². The van der Waals surface area contributed by atoms with Gasteiger partial charge < -0.3 is 10.2 Å². The fourth-order valence-electron chi connectivity index (χ4n) is 3.82. The first-order chi connectivity index (χ1) is 13.5. The molecule has 2 atom stereocenters. The molecule has 1 unspecified atom stereocenters. The van der Waals surface area contributed by atoms with E-state index in [1.54, 1.807) is 0 Å². The number of halogens is 1. The lowest BCUT2D eigenvalue weighted by molar-refractivity contribution is -0.137. The van der Waals surface area contributed by atoms with E-state index < -0.39 is 5.97 Å². The van der Waals surface area contributed by atoms with Crippen molar-refractivity contribution in [2.45, 2.75) is 77.2 Å². The van der Waals surface area contributed by atoms with Gasteiger partial charge in [-0.25, -0.2) is 0 Å². The van der Waals surface area contributed by atoms with Gasteiger partial charge in [0.05, 0.1) is 6.10 Å². The smallest absolute Gasteiger partial charge is 0.303 e. The fraction of sp³-hybridized carbons (Fsp3) is 0.542. The van der Waals surface area contributed by atoms with E-state index >= 15 is 0 Å². The summed E-state index contributed by atoms with van der Waals surface area (Å²) >= 11 is 3.76. The molecule has 0 heterocycles. The number of allylic oxidation sites excluding steroid dienone is 4. The van der Waals surface area contributed by atoms with Gasteiger partial charge in [-0.3, -0.25) is 4.79 Å². The average Bonchev–Trinajstić information content (AvgIpc) is 3.05. The van der Waals surface area contributed by atoms with Gasteiger partial charge in [-0.1, -0.05) is 78.5 Å². The van der Waals surface area contributed by atoms with E-state index in [0.29, 0.717) is 12.3 Å². The molecule has 1 aliphatic rings. The van der Waals surface area contributed by atoms with Crippen molar-refractivity contribution in [3.8, 4) is 0 Å². The monoisotopic (exact) mass is 448 g/mol. The average molecular weight is 449 g/mol. The minimum Gasteiger partial charge on any atom is -0.481 e. The zero-order valence-electron chi connectivity index (χ0n) is 16.9. The summed E-state index contributed by atoms with van der Waals surface area (Å²) in [5, 5.41) is 19.1. The Kier molecular flexibility index (Phi) is 10.0. The maximum Gasteiger partial charge on any atom is 0.303 e. The predicted molar refractivity (Wildman–Crippen MR) is 119 cm³/mol. The van der Waals surface area contributed by atoms with Crippen LogP contribution in [0.1, 0.15) is 88.4 Å². The maximum atomic E-state index is 10.6. The number of hydrogen-bond acceptors (Lipinski definition) is 2. The van der Waals surface area contributed by atoms with E-state index in [2.05, 4.69) is 59.3 Å². The number of aliphatic hydroxyl groups is 1. The van der Waals surface area contributed by atoms with Crippen molar-refractivity contribution in [3.05, 3.63) is 52.0 Å². The zero-order valence-corrected chi connectivity index (χ0v) is 18.5. The highest BCUT2D eigenvalue weighted by atomic mass is 79.9. The van der Waals surface area contributed by atoms with Crippen LogP contribution in [0.5, 0.6) is 0 Å². The van der Waals surface area contributed by atoms with Crippen molar-refractivity contribution in [2.75, 3.05) is 0 Å². The van der Waals surface area contributed by atoms with Crippen LogP contribution in [-0.4, -0.2) is 16.2 Å². The number of carboxylic acid groups (broad SMARTS) is 1. The molecule has 1 aromatic rings. The highest BCUT2D eigenvalue weighted by Crippen LogP contribution is 2.43. The summed E-state index contributed by atoms with van der Waals surface area (Å²) < 4.78 is 1.29. The summed E-state index contributed by atoms with van der Waals surface area (Å²) in [7, 11) is 0. The molecule has 154 valence electrons. The number of hydrogen-bond donors (Lipinski definition) is 2. The lowest BCUT2D eigenvalue weighted by Gasteiger charge is -2.16. The summed E-state index contributed by atoms with van der Waals surface area (Å²) in [6.45, 7) is 2.18. The molecular formula is C24H33BrO3. The van der Waals surface area contributed by atoms with Gasteiger partial charge in [0.15, 0.2) is 0 Å². The van der Waals surface area contributed by atoms with Gasteiger partial charge in [0, 0.05) is 6.42 Å². The number of aliphatic carboxylic acids is 1. The number of aliphatic hydroxyl groups excluding tert-OH is 1. The molecule has 0 aromatic heterocycles. The quantitative estimate of drug-likeness (QED) is 0.266. The Morgan fingerprint density at radius 3 is 2.64 bits per heavy atom. The maximum absolute atomic E-state index is 10.6. The topological polar surface area (TPSA) is 57.5 Å². The third-order valence-electron chi connectivity index (χ3n) is 5.45. The third-order valence-corrected chi connectivity index (χ3v) is 6.27. The SMILES string of the molecule is CCCCCC(O)c1ccc(C2=C(Br)CC[C@@H]2CC=CCCCC(=O)O)cc1. The second kappa shape index (κ2) is 12.2. The lowest BCUT2D eigenvalue weighted by Crippen LogP contribution is -2.00. The molecule has 0 fully saturated rings. The van der Waals surface area contributed by atoms with Crippen LogP contribution in [0, 0.1) is 5.92 Å². The molecule has 0 spiro atoms. The van der Waals surface area contributed by atoms with Crippen molar-refractivity contribution in [1.29, 1.82) is 0 Å². The van der Waals surface area contributed by atoms with Crippen molar-refractivity contribution in [2.24, 2.45) is 5.92 Å². The van der Waals surface area contributed by atoms with Crippen molar-refractivity contribution < 1.29 is 15.0 Å². The Labute approximate surface area is 177 Å². The van der Waals surface area contributed by atoms with Crippen molar-refractivity contribution in [1.82, 2.24) is 0 Å². The highest BCUT2D eigenvalue weighted by molar-refractivity contribution is 9.11. The Morgan fingerprint density at radius 1 is 1.21 bits per heavy atom. The summed E-state index contributed by atoms with van der Waals surface area (Å²) in [6, 6.07) is 8.42. The number of carboxylic acids is 1. The van der Waals surface area contributed by atoms with Crippen LogP contribution < -0.4 is 0 Å². The highest BCUT2D eigenvalue weighted by Gasteiger charge is 2.24. The predicted octanol–water partition coefficient (Wildman–Crippen LogP) is 7.02. The first-order valence-electron chi connectivity index (χ1n) is 10.6. The molecule has 2 N–H and O–H groups in total. The fourth-order valence-corrected chi connectivity index (χ4v) is 4.60. The largest absolute Gasteiger partial charge is 0.481 e. The van der Waals surface area contributed by atoms with Crippen molar-refractivity contribution in [3.63, 3.8) is 0 Å². The molecule has 28 heavy (non-hydrogen) atoms. The zero-order chi connectivity index (χ0) is 20.4. The van der Waals surface area contributed by atoms with Gasteiger partial charge in [0.25, 0.3) is 0 Å². The summed E-state index contributed by atoms with van der Waals surface area (Å²) in [5.41, 5.74) is 3.62. The second-order valence-corrected chi connectivity index (χ2v) is 8.64. The van der Waals surface area contributed by atoms with Gasteiger partial charge in [0.1, 0.15) is 0 Å². The molecular weight excluding hydrogens is 416 g/mol. The van der Waals surface area contributed by atoms with E-state index in [1.165, 1.54) is 28.5 Å². The number of rotatable bonds is 12. The van der Waals surface area contributed by atoms with E-state index in [-0.39, 0.29) is 12.5 Å². The van der Waals surface area contributed by atoms with Crippen molar-refractivity contribution >= 4 is 27.5 Å². The molecule has 0 radical (unpaired) electrons. The molecule has 0 amide bonds. The van der Waals surface area contributed by atoms with Crippen LogP contribution in [0.15, 0.2) is 40.9 Å². The molecule has 0 aliphatic heterocycles. The molecule has 2 rings (SSSR count). The number of carbonyl (C=O) groups is 1. The second-order valence-electron chi connectivity index (χ2n) is 7.68. The third kappa shape index (κ3) is 7.21. The molecule has 0 bridgehead atoms. The molecule has 3 nitrogen and oxygen atoms in total. The first-order valence-corrected chi connectivity index (χ1v) is 11.4. The normalized spacial score (nSPS) is 18.2. The van der Waals surface area contributed by atoms with E-state index in [0.717, 1.165) is 44.1 Å². The standard InChI is InChI=1S/C24H33BrO3/c1-2-3-6-10-22(26)18-12-14-20(15-13-18)24-19(16-17-21(24)25)9-7-4-5-8-11-23(27)28/h4,7,12-15,19,22,26H,2-3,5-6,8-11,16-17H2,1H3,(H,27,28)/t19-,22?/m0/s1. The van der Waals surface area contributed by atoms with Crippen LogP contribution in [0.2, 0.25) is 0 Å². The van der Waals surface area contributed by atoms with Gasteiger partial charge in [-0.2, -0.15) is 0 Å². The van der Waals surface area contributed by atoms with E-state index in [4.69, 9.17) is 5.11 Å². The molecule has 4 heteroatoms. The Hall–Kier alpha value is -1.39. The number of benzene rings is 1. The summed E-state index contributed by atoms with van der Waals surface area (Å²) in [6.07, 6.45) is 13.1. The van der Waals surface area contributed by atoms with Crippen LogP contribution in [0.25, 0.3) is 5.57 Å². The molecule has 0 saturated carbocycles. The first kappa shape index (κ1) is 22.9. The minimum absolute atomic E-state index is 0.237.